The molecule has 1 amide bonds. The second kappa shape index (κ2) is 8.39. The van der Waals surface area contributed by atoms with Gasteiger partial charge in [-0.05, 0) is 36.8 Å². The molecular weight excluding hydrogens is 310 g/mol. The highest BCUT2D eigenvalue weighted by atomic mass is 35.5. The fourth-order valence-corrected chi connectivity index (χ4v) is 2.34. The maximum Gasteiger partial charge on any atom is 0.263 e. The molecule has 2 aromatic carbocycles. The largest absolute Gasteiger partial charge is 0.481 e. The molecular formula is C19H20ClNO2. The second-order valence-electron chi connectivity index (χ2n) is 5.21. The smallest absolute Gasteiger partial charge is 0.263 e. The number of carbonyl (C=O) groups is 1. The molecule has 0 heterocycles. The Kier molecular flexibility index (Phi) is 6.24. The minimum atomic E-state index is -0.583. The van der Waals surface area contributed by atoms with Crippen LogP contribution >= 0.6 is 11.6 Å². The number of halogens is 1. The van der Waals surface area contributed by atoms with Crippen LogP contribution in [0, 0.1) is 0 Å². The number of hydrogen-bond donors (Lipinski definition) is 0. The third-order valence-electron chi connectivity index (χ3n) is 3.35. The van der Waals surface area contributed by atoms with Gasteiger partial charge < -0.3 is 9.64 Å². The van der Waals surface area contributed by atoms with Crippen LogP contribution in [-0.2, 0) is 11.3 Å². The Morgan fingerprint density at radius 2 is 1.87 bits per heavy atom. The lowest BCUT2D eigenvalue weighted by molar-refractivity contribution is -0.138. The van der Waals surface area contributed by atoms with Gasteiger partial charge in [0.2, 0.25) is 0 Å². The summed E-state index contributed by atoms with van der Waals surface area (Å²) in [7, 11) is 0. The van der Waals surface area contributed by atoms with E-state index in [0.717, 1.165) is 5.56 Å². The summed E-state index contributed by atoms with van der Waals surface area (Å²) in [5.74, 6) is 0.539. The van der Waals surface area contributed by atoms with E-state index in [2.05, 4.69) is 6.58 Å². The Morgan fingerprint density at radius 3 is 2.48 bits per heavy atom. The molecule has 3 nitrogen and oxygen atoms in total. The van der Waals surface area contributed by atoms with Gasteiger partial charge in [-0.3, -0.25) is 4.79 Å². The highest BCUT2D eigenvalue weighted by molar-refractivity contribution is 6.30. The monoisotopic (exact) mass is 329 g/mol. The van der Waals surface area contributed by atoms with Crippen LogP contribution in [0.4, 0.5) is 0 Å². The van der Waals surface area contributed by atoms with Crippen molar-refractivity contribution >= 4 is 17.5 Å². The summed E-state index contributed by atoms with van der Waals surface area (Å²) in [6.45, 7) is 6.48. The molecule has 2 rings (SSSR count). The van der Waals surface area contributed by atoms with Crippen molar-refractivity contribution in [2.24, 2.45) is 0 Å². The van der Waals surface area contributed by atoms with Gasteiger partial charge in [-0.1, -0.05) is 48.0 Å². The molecule has 0 radical (unpaired) electrons. The predicted octanol–water partition coefficient (Wildman–Crippen LogP) is 4.32. The van der Waals surface area contributed by atoms with Crippen LogP contribution in [0.2, 0.25) is 5.02 Å². The van der Waals surface area contributed by atoms with E-state index >= 15 is 0 Å². The highest BCUT2D eigenvalue weighted by Crippen LogP contribution is 2.18. The molecule has 0 saturated carbocycles. The lowest BCUT2D eigenvalue weighted by Gasteiger charge is -2.25. The first-order chi connectivity index (χ1) is 11.1. The van der Waals surface area contributed by atoms with Gasteiger partial charge in [-0.15, -0.1) is 6.58 Å². The van der Waals surface area contributed by atoms with Gasteiger partial charge in [0.1, 0.15) is 5.75 Å². The standard InChI is InChI=1S/C19H20ClNO2/c1-3-13-21(14-16-7-5-4-6-8-16)19(22)15(2)23-18-11-9-17(20)10-12-18/h3-12,15H,1,13-14H2,2H3. The number of benzene rings is 2. The summed E-state index contributed by atoms with van der Waals surface area (Å²) >= 11 is 5.85. The Bertz CT molecular complexity index is 640. The molecule has 120 valence electrons. The Labute approximate surface area is 142 Å². The van der Waals surface area contributed by atoms with Crippen molar-refractivity contribution in [2.75, 3.05) is 6.54 Å². The molecule has 2 aromatic rings. The first kappa shape index (κ1) is 17.1. The van der Waals surface area contributed by atoms with Gasteiger partial charge in [0.25, 0.3) is 5.91 Å². The third-order valence-corrected chi connectivity index (χ3v) is 3.60. The second-order valence-corrected chi connectivity index (χ2v) is 5.64. The molecule has 0 aliphatic carbocycles. The number of carbonyl (C=O) groups excluding carboxylic acids is 1. The molecule has 23 heavy (non-hydrogen) atoms. The van der Waals surface area contributed by atoms with Crippen LogP contribution in [0.25, 0.3) is 0 Å². The minimum Gasteiger partial charge on any atom is -0.481 e. The van der Waals surface area contributed by atoms with Gasteiger partial charge in [0, 0.05) is 18.1 Å². The Balaban J connectivity index is 2.04. The van der Waals surface area contributed by atoms with Crippen LogP contribution in [0.15, 0.2) is 67.3 Å². The van der Waals surface area contributed by atoms with E-state index in [1.807, 2.05) is 30.3 Å². The molecule has 0 saturated heterocycles. The zero-order chi connectivity index (χ0) is 16.7. The van der Waals surface area contributed by atoms with Crippen LogP contribution in [0.5, 0.6) is 5.75 Å². The normalized spacial score (nSPS) is 11.6. The van der Waals surface area contributed by atoms with Gasteiger partial charge in [-0.25, -0.2) is 0 Å². The summed E-state index contributed by atoms with van der Waals surface area (Å²) in [5.41, 5.74) is 1.07. The minimum absolute atomic E-state index is 0.0799. The maximum absolute atomic E-state index is 12.6. The summed E-state index contributed by atoms with van der Waals surface area (Å²) in [6.07, 6.45) is 1.13. The SMILES string of the molecule is C=CCN(Cc1ccccc1)C(=O)C(C)Oc1ccc(Cl)cc1. The molecule has 0 spiro atoms. The first-order valence-corrected chi connectivity index (χ1v) is 7.84. The molecule has 1 atom stereocenters. The predicted molar refractivity (Wildman–Crippen MR) is 93.6 cm³/mol. The summed E-state index contributed by atoms with van der Waals surface area (Å²) in [4.78, 5) is 14.4. The topological polar surface area (TPSA) is 29.5 Å². The average Bonchev–Trinajstić information content (AvgIpc) is 2.57. The highest BCUT2D eigenvalue weighted by Gasteiger charge is 2.21. The van der Waals surface area contributed by atoms with Crippen molar-refractivity contribution in [1.82, 2.24) is 4.90 Å². The van der Waals surface area contributed by atoms with E-state index < -0.39 is 6.10 Å². The number of nitrogens with zero attached hydrogens (tertiary/aromatic N) is 1. The van der Waals surface area contributed by atoms with Crippen LogP contribution in [-0.4, -0.2) is 23.5 Å². The number of rotatable bonds is 7. The quantitative estimate of drug-likeness (QED) is 0.708. The molecule has 0 N–H and O–H groups in total. The van der Waals surface area contributed by atoms with Crippen LogP contribution in [0.1, 0.15) is 12.5 Å². The Hall–Kier alpha value is -2.26. The zero-order valence-corrected chi connectivity index (χ0v) is 13.9. The van der Waals surface area contributed by atoms with Crippen molar-refractivity contribution in [3.05, 3.63) is 77.8 Å². The summed E-state index contributed by atoms with van der Waals surface area (Å²) in [5, 5.41) is 0.633. The summed E-state index contributed by atoms with van der Waals surface area (Å²) in [6, 6.07) is 16.8. The molecule has 0 aliphatic heterocycles. The van der Waals surface area contributed by atoms with E-state index in [4.69, 9.17) is 16.3 Å². The molecule has 0 aromatic heterocycles. The summed E-state index contributed by atoms with van der Waals surface area (Å²) < 4.78 is 5.71. The van der Waals surface area contributed by atoms with Gasteiger partial charge in [0.15, 0.2) is 6.10 Å². The van der Waals surface area contributed by atoms with Crippen molar-refractivity contribution in [3.8, 4) is 5.75 Å². The van der Waals surface area contributed by atoms with Crippen molar-refractivity contribution in [1.29, 1.82) is 0 Å². The third kappa shape index (κ3) is 5.15. The van der Waals surface area contributed by atoms with E-state index in [9.17, 15) is 4.79 Å². The van der Waals surface area contributed by atoms with Crippen LogP contribution in [0.3, 0.4) is 0 Å². The Morgan fingerprint density at radius 1 is 1.22 bits per heavy atom. The van der Waals surface area contributed by atoms with E-state index in [-0.39, 0.29) is 5.91 Å². The lowest BCUT2D eigenvalue weighted by atomic mass is 10.2. The van der Waals surface area contributed by atoms with E-state index in [1.165, 1.54) is 0 Å². The van der Waals surface area contributed by atoms with Crippen molar-refractivity contribution in [2.45, 2.75) is 19.6 Å². The van der Waals surface area contributed by atoms with Crippen molar-refractivity contribution < 1.29 is 9.53 Å². The van der Waals surface area contributed by atoms with E-state index in [0.29, 0.717) is 23.9 Å². The fourth-order valence-electron chi connectivity index (χ4n) is 2.22. The first-order valence-electron chi connectivity index (χ1n) is 7.46. The van der Waals surface area contributed by atoms with Gasteiger partial charge in [0.05, 0.1) is 0 Å². The molecule has 1 unspecified atom stereocenters. The maximum atomic E-state index is 12.6. The average molecular weight is 330 g/mol. The van der Waals surface area contributed by atoms with Gasteiger partial charge in [-0.2, -0.15) is 0 Å². The van der Waals surface area contributed by atoms with Crippen LogP contribution < -0.4 is 4.74 Å². The number of hydrogen-bond acceptors (Lipinski definition) is 2. The molecule has 0 aliphatic rings. The van der Waals surface area contributed by atoms with Gasteiger partial charge >= 0.3 is 0 Å². The fraction of sp³-hybridized carbons (Fsp3) is 0.211. The number of ether oxygens (including phenoxy) is 1. The molecule has 0 bridgehead atoms. The van der Waals surface area contributed by atoms with Crippen molar-refractivity contribution in [3.63, 3.8) is 0 Å². The lowest BCUT2D eigenvalue weighted by Crippen LogP contribution is -2.40. The number of amides is 1. The molecule has 4 heteroatoms. The molecule has 0 fully saturated rings. The van der Waals surface area contributed by atoms with E-state index in [1.54, 1.807) is 42.2 Å². The zero-order valence-electron chi connectivity index (χ0n) is 13.1.